The molecule has 0 saturated heterocycles. The van der Waals surface area contributed by atoms with E-state index in [1.165, 1.54) is 13.2 Å². The van der Waals surface area contributed by atoms with Gasteiger partial charge in [0.1, 0.15) is 10.8 Å². The standard InChI is InChI=1S/C8H6BrClF2O2/c1-13-5-3-2-4(9)7(6(5)10)14-8(11)12/h2-3,8H,1H3. The van der Waals surface area contributed by atoms with Gasteiger partial charge in [-0.3, -0.25) is 0 Å². The van der Waals surface area contributed by atoms with Crippen LogP contribution in [0.25, 0.3) is 0 Å². The maximum atomic E-state index is 12.0. The van der Waals surface area contributed by atoms with Gasteiger partial charge in [-0.15, -0.1) is 0 Å². The molecule has 0 spiro atoms. The lowest BCUT2D eigenvalue weighted by Gasteiger charge is -2.11. The number of hydrogen-bond acceptors (Lipinski definition) is 2. The number of alkyl halides is 2. The van der Waals surface area contributed by atoms with Crippen molar-refractivity contribution in [2.24, 2.45) is 0 Å². The molecule has 1 aromatic carbocycles. The molecule has 0 aromatic heterocycles. The summed E-state index contributed by atoms with van der Waals surface area (Å²) < 4.78 is 33.4. The van der Waals surface area contributed by atoms with Crippen molar-refractivity contribution in [3.8, 4) is 11.5 Å². The first-order valence-corrected chi connectivity index (χ1v) is 4.70. The molecular formula is C8H6BrClF2O2. The molecule has 0 atom stereocenters. The van der Waals surface area contributed by atoms with E-state index in [0.717, 1.165) is 0 Å². The van der Waals surface area contributed by atoms with Gasteiger partial charge in [-0.25, -0.2) is 0 Å². The van der Waals surface area contributed by atoms with E-state index in [-0.39, 0.29) is 16.5 Å². The Morgan fingerprint density at radius 3 is 2.57 bits per heavy atom. The molecule has 14 heavy (non-hydrogen) atoms. The lowest BCUT2D eigenvalue weighted by Crippen LogP contribution is -2.03. The number of ether oxygens (including phenoxy) is 2. The van der Waals surface area contributed by atoms with Crippen molar-refractivity contribution < 1.29 is 18.3 Å². The van der Waals surface area contributed by atoms with Gasteiger partial charge in [0.05, 0.1) is 11.6 Å². The quantitative estimate of drug-likeness (QED) is 0.843. The second-order valence-electron chi connectivity index (χ2n) is 2.27. The molecule has 0 N–H and O–H groups in total. The monoisotopic (exact) mass is 286 g/mol. The van der Waals surface area contributed by atoms with Crippen molar-refractivity contribution in [1.29, 1.82) is 0 Å². The third kappa shape index (κ3) is 2.48. The van der Waals surface area contributed by atoms with Crippen molar-refractivity contribution in [3.05, 3.63) is 21.6 Å². The molecular weight excluding hydrogens is 281 g/mol. The van der Waals surface area contributed by atoms with E-state index in [2.05, 4.69) is 20.7 Å². The molecule has 0 fully saturated rings. The van der Waals surface area contributed by atoms with E-state index in [0.29, 0.717) is 4.47 Å². The number of halogens is 4. The average Bonchev–Trinajstić information content (AvgIpc) is 2.12. The second kappa shape index (κ2) is 4.79. The van der Waals surface area contributed by atoms with Gasteiger partial charge in [0.2, 0.25) is 0 Å². The summed E-state index contributed by atoms with van der Waals surface area (Å²) in [4.78, 5) is 0. The van der Waals surface area contributed by atoms with E-state index in [9.17, 15) is 8.78 Å². The molecule has 0 radical (unpaired) electrons. The molecule has 0 aliphatic carbocycles. The van der Waals surface area contributed by atoms with Gasteiger partial charge in [0.25, 0.3) is 0 Å². The van der Waals surface area contributed by atoms with Crippen molar-refractivity contribution in [1.82, 2.24) is 0 Å². The van der Waals surface area contributed by atoms with E-state index in [1.807, 2.05) is 0 Å². The molecule has 0 saturated carbocycles. The van der Waals surface area contributed by atoms with Gasteiger partial charge in [-0.1, -0.05) is 11.6 Å². The van der Waals surface area contributed by atoms with Crippen LogP contribution in [0.2, 0.25) is 5.02 Å². The number of rotatable bonds is 3. The predicted octanol–water partition coefficient (Wildman–Crippen LogP) is 3.71. The van der Waals surface area contributed by atoms with E-state index in [1.54, 1.807) is 6.07 Å². The Morgan fingerprint density at radius 1 is 1.43 bits per heavy atom. The molecule has 6 heteroatoms. The van der Waals surface area contributed by atoms with E-state index < -0.39 is 6.61 Å². The summed E-state index contributed by atoms with van der Waals surface area (Å²) in [5, 5.41) is 0.0159. The minimum Gasteiger partial charge on any atom is -0.495 e. The van der Waals surface area contributed by atoms with E-state index in [4.69, 9.17) is 16.3 Å². The van der Waals surface area contributed by atoms with Crippen molar-refractivity contribution >= 4 is 27.5 Å². The van der Waals surface area contributed by atoms with Crippen LogP contribution < -0.4 is 9.47 Å². The normalized spacial score (nSPS) is 10.4. The summed E-state index contributed by atoms with van der Waals surface area (Å²) in [6, 6.07) is 3.06. The summed E-state index contributed by atoms with van der Waals surface area (Å²) >= 11 is 8.79. The minimum absolute atomic E-state index is 0.0159. The number of methoxy groups -OCH3 is 1. The number of benzene rings is 1. The Morgan fingerprint density at radius 2 is 2.07 bits per heavy atom. The summed E-state index contributed by atoms with van der Waals surface area (Å²) in [5.41, 5.74) is 0. The second-order valence-corrected chi connectivity index (χ2v) is 3.50. The molecule has 0 heterocycles. The topological polar surface area (TPSA) is 18.5 Å². The first-order chi connectivity index (χ1) is 6.56. The van der Waals surface area contributed by atoms with Crippen LogP contribution in [-0.4, -0.2) is 13.7 Å². The molecule has 0 aliphatic rings. The summed E-state index contributed by atoms with van der Waals surface area (Å²) in [7, 11) is 1.39. The Kier molecular flexibility index (Phi) is 3.95. The van der Waals surface area contributed by atoms with Gasteiger partial charge in [0.15, 0.2) is 5.75 Å². The van der Waals surface area contributed by atoms with Crippen LogP contribution >= 0.6 is 27.5 Å². The molecule has 0 unspecified atom stereocenters. The van der Waals surface area contributed by atoms with Crippen molar-refractivity contribution in [2.45, 2.75) is 6.61 Å². The third-order valence-electron chi connectivity index (χ3n) is 1.44. The highest BCUT2D eigenvalue weighted by molar-refractivity contribution is 9.10. The third-order valence-corrected chi connectivity index (χ3v) is 2.42. The highest BCUT2D eigenvalue weighted by atomic mass is 79.9. The molecule has 1 rings (SSSR count). The fourth-order valence-corrected chi connectivity index (χ4v) is 1.69. The van der Waals surface area contributed by atoms with Crippen LogP contribution in [0.3, 0.4) is 0 Å². The van der Waals surface area contributed by atoms with Gasteiger partial charge in [-0.2, -0.15) is 8.78 Å². The highest BCUT2D eigenvalue weighted by Crippen LogP contribution is 2.40. The summed E-state index contributed by atoms with van der Waals surface area (Å²) in [5.74, 6) is 0.159. The molecule has 0 bridgehead atoms. The SMILES string of the molecule is COc1ccc(Br)c(OC(F)F)c1Cl. The molecule has 0 aliphatic heterocycles. The summed E-state index contributed by atoms with van der Waals surface area (Å²) in [6.07, 6.45) is 0. The maximum Gasteiger partial charge on any atom is 0.387 e. The minimum atomic E-state index is -2.92. The fourth-order valence-electron chi connectivity index (χ4n) is 0.869. The Labute approximate surface area is 92.9 Å². The molecule has 2 nitrogen and oxygen atoms in total. The first kappa shape index (κ1) is 11.5. The van der Waals surface area contributed by atoms with Crippen LogP contribution in [0, 0.1) is 0 Å². The molecule has 78 valence electrons. The lowest BCUT2D eigenvalue weighted by atomic mass is 10.3. The van der Waals surface area contributed by atoms with Crippen LogP contribution in [0.5, 0.6) is 11.5 Å². The number of hydrogen-bond donors (Lipinski definition) is 0. The molecule has 1 aromatic rings. The van der Waals surface area contributed by atoms with Crippen LogP contribution in [0.15, 0.2) is 16.6 Å². The van der Waals surface area contributed by atoms with Gasteiger partial charge >= 0.3 is 6.61 Å². The average molecular weight is 287 g/mol. The van der Waals surface area contributed by atoms with Crippen LogP contribution in [0.1, 0.15) is 0 Å². The fraction of sp³-hybridized carbons (Fsp3) is 0.250. The largest absolute Gasteiger partial charge is 0.495 e. The smallest absolute Gasteiger partial charge is 0.387 e. The zero-order valence-electron chi connectivity index (χ0n) is 7.06. The van der Waals surface area contributed by atoms with Crippen LogP contribution in [-0.2, 0) is 0 Å². The Hall–Kier alpha value is -0.550. The van der Waals surface area contributed by atoms with E-state index >= 15 is 0 Å². The highest BCUT2D eigenvalue weighted by Gasteiger charge is 2.15. The van der Waals surface area contributed by atoms with Gasteiger partial charge in [0, 0.05) is 0 Å². The Bertz CT molecular complexity index is 333. The lowest BCUT2D eigenvalue weighted by molar-refractivity contribution is -0.0503. The van der Waals surface area contributed by atoms with Gasteiger partial charge in [-0.05, 0) is 28.1 Å². The van der Waals surface area contributed by atoms with Crippen molar-refractivity contribution in [3.63, 3.8) is 0 Å². The zero-order chi connectivity index (χ0) is 10.7. The van der Waals surface area contributed by atoms with Gasteiger partial charge < -0.3 is 9.47 Å². The molecule has 0 amide bonds. The first-order valence-electron chi connectivity index (χ1n) is 3.53. The maximum absolute atomic E-state index is 12.0. The predicted molar refractivity (Wildman–Crippen MR) is 52.3 cm³/mol. The Balaban J connectivity index is 3.11. The van der Waals surface area contributed by atoms with Crippen molar-refractivity contribution in [2.75, 3.05) is 7.11 Å². The van der Waals surface area contributed by atoms with Crippen LogP contribution in [0.4, 0.5) is 8.78 Å². The zero-order valence-corrected chi connectivity index (χ0v) is 9.40. The summed E-state index contributed by atoms with van der Waals surface area (Å²) in [6.45, 7) is -2.92.